The third-order valence-electron chi connectivity index (χ3n) is 4.71. The maximum Gasteiger partial charge on any atom is 0.267 e. The molecule has 25 heavy (non-hydrogen) atoms. The Hall–Kier alpha value is -3.33. The van der Waals surface area contributed by atoms with Crippen LogP contribution in [0.3, 0.4) is 0 Å². The monoisotopic (exact) mass is 334 g/mol. The molecule has 6 heteroatoms. The Bertz CT molecular complexity index is 1090. The highest BCUT2D eigenvalue weighted by Crippen LogP contribution is 2.39. The van der Waals surface area contributed by atoms with E-state index in [0.29, 0.717) is 27.7 Å². The van der Waals surface area contributed by atoms with E-state index in [-0.39, 0.29) is 11.4 Å². The number of phenols is 1. The lowest BCUT2D eigenvalue weighted by Gasteiger charge is -2.14. The third kappa shape index (κ3) is 2.32. The van der Waals surface area contributed by atoms with Crippen molar-refractivity contribution in [1.29, 1.82) is 5.26 Å². The highest BCUT2D eigenvalue weighted by Gasteiger charge is 2.22. The number of hydrogen-bond donors (Lipinski definition) is 2. The predicted molar refractivity (Wildman–Crippen MR) is 95.3 cm³/mol. The van der Waals surface area contributed by atoms with Gasteiger partial charge in [-0.3, -0.25) is 4.79 Å². The molecule has 0 radical (unpaired) electrons. The summed E-state index contributed by atoms with van der Waals surface area (Å²) < 4.78 is 1.78. The van der Waals surface area contributed by atoms with Crippen molar-refractivity contribution >= 4 is 16.9 Å². The van der Waals surface area contributed by atoms with Gasteiger partial charge in [0.25, 0.3) is 5.91 Å². The Morgan fingerprint density at radius 3 is 2.60 bits per heavy atom. The van der Waals surface area contributed by atoms with Crippen molar-refractivity contribution in [2.75, 3.05) is 0 Å². The van der Waals surface area contributed by atoms with Gasteiger partial charge < -0.3 is 15.4 Å². The first-order chi connectivity index (χ1) is 11.8. The number of aromatic hydroxyl groups is 1. The van der Waals surface area contributed by atoms with E-state index in [2.05, 4.69) is 11.1 Å². The van der Waals surface area contributed by atoms with Gasteiger partial charge in [0, 0.05) is 18.1 Å². The average Bonchev–Trinajstić information content (AvgIpc) is 2.82. The standard InChI is InChI=1S/C19H18N4O2/c1-9-5-6-15(24)10(2)16(9)12-7-14(18(21)25)22-19-17(12)13(8-20)11(3)23(19)4/h5-7,24H,1-4H3,(H2,21,25). The molecule has 0 aliphatic carbocycles. The lowest BCUT2D eigenvalue weighted by atomic mass is 9.92. The Labute approximate surface area is 145 Å². The van der Waals surface area contributed by atoms with Gasteiger partial charge in [-0.2, -0.15) is 5.26 Å². The van der Waals surface area contributed by atoms with Gasteiger partial charge >= 0.3 is 0 Å². The number of carbonyl (C=O) groups is 1. The molecule has 126 valence electrons. The fourth-order valence-electron chi connectivity index (χ4n) is 3.24. The Balaban J connectivity index is 2.59. The first-order valence-corrected chi connectivity index (χ1v) is 7.77. The van der Waals surface area contributed by atoms with Gasteiger partial charge in [-0.05, 0) is 55.2 Å². The maximum atomic E-state index is 11.8. The van der Waals surface area contributed by atoms with Crippen molar-refractivity contribution in [3.8, 4) is 22.9 Å². The molecule has 0 bridgehead atoms. The minimum atomic E-state index is -0.643. The maximum absolute atomic E-state index is 11.8. The largest absolute Gasteiger partial charge is 0.508 e. The Morgan fingerprint density at radius 1 is 1.32 bits per heavy atom. The van der Waals surface area contributed by atoms with E-state index in [1.54, 1.807) is 36.7 Å². The van der Waals surface area contributed by atoms with Crippen LogP contribution in [0.25, 0.3) is 22.2 Å². The average molecular weight is 334 g/mol. The van der Waals surface area contributed by atoms with E-state index in [9.17, 15) is 15.2 Å². The SMILES string of the molecule is Cc1ccc(O)c(C)c1-c1cc(C(N)=O)nc2c1c(C#N)c(C)n2C. The lowest BCUT2D eigenvalue weighted by molar-refractivity contribution is 0.0996. The molecule has 3 rings (SSSR count). The number of amides is 1. The van der Waals surface area contributed by atoms with Crippen LogP contribution in [0.5, 0.6) is 5.75 Å². The van der Waals surface area contributed by atoms with E-state index in [0.717, 1.165) is 16.8 Å². The van der Waals surface area contributed by atoms with Crippen molar-refractivity contribution < 1.29 is 9.90 Å². The van der Waals surface area contributed by atoms with Crippen LogP contribution < -0.4 is 5.73 Å². The lowest BCUT2D eigenvalue weighted by Crippen LogP contribution is -2.14. The zero-order valence-electron chi connectivity index (χ0n) is 14.5. The molecule has 0 atom stereocenters. The van der Waals surface area contributed by atoms with Gasteiger partial charge in [0.1, 0.15) is 23.2 Å². The summed E-state index contributed by atoms with van der Waals surface area (Å²) in [4.78, 5) is 16.1. The summed E-state index contributed by atoms with van der Waals surface area (Å²) >= 11 is 0. The quantitative estimate of drug-likeness (QED) is 0.751. The number of primary amides is 1. The van der Waals surface area contributed by atoms with E-state index in [4.69, 9.17) is 5.73 Å². The molecular weight excluding hydrogens is 316 g/mol. The van der Waals surface area contributed by atoms with Gasteiger partial charge in [-0.1, -0.05) is 6.07 Å². The number of fused-ring (bicyclic) bond motifs is 1. The normalized spacial score (nSPS) is 10.8. The summed E-state index contributed by atoms with van der Waals surface area (Å²) in [6.07, 6.45) is 0. The van der Waals surface area contributed by atoms with Crippen LogP contribution in [0.15, 0.2) is 18.2 Å². The molecular formula is C19H18N4O2. The van der Waals surface area contributed by atoms with E-state index in [1.165, 1.54) is 0 Å². The summed E-state index contributed by atoms with van der Waals surface area (Å²) in [6, 6.07) is 7.26. The molecule has 1 aromatic carbocycles. The van der Waals surface area contributed by atoms with Crippen LogP contribution in [-0.2, 0) is 7.05 Å². The highest BCUT2D eigenvalue weighted by molar-refractivity contribution is 6.04. The second kappa shape index (κ2) is 5.64. The highest BCUT2D eigenvalue weighted by atomic mass is 16.3. The van der Waals surface area contributed by atoms with Crippen LogP contribution in [0.1, 0.15) is 32.9 Å². The molecule has 0 saturated heterocycles. The van der Waals surface area contributed by atoms with Gasteiger partial charge in [0.05, 0.1) is 5.56 Å². The number of nitriles is 1. The second-order valence-electron chi connectivity index (χ2n) is 6.15. The zero-order chi connectivity index (χ0) is 18.5. The Morgan fingerprint density at radius 2 is 2.00 bits per heavy atom. The molecule has 0 saturated carbocycles. The van der Waals surface area contributed by atoms with Crippen LogP contribution in [-0.4, -0.2) is 20.6 Å². The molecule has 1 amide bonds. The number of benzene rings is 1. The van der Waals surface area contributed by atoms with Gasteiger partial charge in [0.2, 0.25) is 0 Å². The number of phenolic OH excluding ortho intramolecular Hbond substituents is 1. The number of aryl methyl sites for hydroxylation is 2. The van der Waals surface area contributed by atoms with Gasteiger partial charge in [-0.25, -0.2) is 4.98 Å². The van der Waals surface area contributed by atoms with Crippen LogP contribution in [0.4, 0.5) is 0 Å². The molecule has 3 N–H and O–H groups in total. The van der Waals surface area contributed by atoms with Crippen molar-refractivity contribution in [2.45, 2.75) is 20.8 Å². The van der Waals surface area contributed by atoms with Crippen molar-refractivity contribution in [3.05, 3.63) is 46.3 Å². The minimum Gasteiger partial charge on any atom is -0.508 e. The number of nitrogens with two attached hydrogens (primary N) is 1. The van der Waals surface area contributed by atoms with Crippen LogP contribution >= 0.6 is 0 Å². The number of hydrogen-bond acceptors (Lipinski definition) is 4. The first-order valence-electron chi connectivity index (χ1n) is 7.77. The Kier molecular flexibility index (Phi) is 3.73. The number of nitrogens with zero attached hydrogens (tertiary/aromatic N) is 3. The minimum absolute atomic E-state index is 0.120. The van der Waals surface area contributed by atoms with Crippen LogP contribution in [0.2, 0.25) is 0 Å². The fraction of sp³-hybridized carbons (Fsp3) is 0.211. The van der Waals surface area contributed by atoms with Gasteiger partial charge in [0.15, 0.2) is 0 Å². The van der Waals surface area contributed by atoms with E-state index >= 15 is 0 Å². The van der Waals surface area contributed by atoms with E-state index < -0.39 is 5.91 Å². The molecule has 0 aliphatic rings. The molecule has 2 heterocycles. The topological polar surface area (TPSA) is 105 Å². The van der Waals surface area contributed by atoms with E-state index in [1.807, 2.05) is 13.8 Å². The smallest absolute Gasteiger partial charge is 0.267 e. The van der Waals surface area contributed by atoms with Gasteiger partial charge in [-0.15, -0.1) is 0 Å². The van der Waals surface area contributed by atoms with Crippen molar-refractivity contribution in [3.63, 3.8) is 0 Å². The summed E-state index contributed by atoms with van der Waals surface area (Å²) in [5.41, 5.74) is 10.4. The number of carbonyl (C=O) groups excluding carboxylic acids is 1. The molecule has 2 aromatic heterocycles. The molecule has 0 unspecified atom stereocenters. The molecule has 0 aliphatic heterocycles. The summed E-state index contributed by atoms with van der Waals surface area (Å²) in [5, 5.41) is 20.4. The van der Waals surface area contributed by atoms with Crippen molar-refractivity contribution in [2.24, 2.45) is 12.8 Å². The summed E-state index contributed by atoms with van der Waals surface area (Å²) in [5.74, 6) is -0.492. The van der Waals surface area contributed by atoms with Crippen LogP contribution in [0, 0.1) is 32.1 Å². The zero-order valence-corrected chi connectivity index (χ0v) is 14.5. The third-order valence-corrected chi connectivity index (χ3v) is 4.71. The summed E-state index contributed by atoms with van der Waals surface area (Å²) in [6.45, 7) is 5.55. The molecule has 0 fully saturated rings. The van der Waals surface area contributed by atoms with Crippen molar-refractivity contribution in [1.82, 2.24) is 9.55 Å². The number of rotatable bonds is 2. The first kappa shape index (κ1) is 16.5. The molecule has 6 nitrogen and oxygen atoms in total. The fourth-order valence-corrected chi connectivity index (χ4v) is 3.24. The molecule has 0 spiro atoms. The second-order valence-corrected chi connectivity index (χ2v) is 6.15. The molecule has 3 aromatic rings. The predicted octanol–water partition coefficient (Wildman–Crippen LogP) is 2.84. The number of aromatic nitrogens is 2. The summed E-state index contributed by atoms with van der Waals surface area (Å²) in [7, 11) is 1.79. The number of pyridine rings is 1.